The normalized spacial score (nSPS) is 10.8. The SMILES string of the molecule is Cc1cnc(-c2ccc(COc3nn(C)cc3-c3ccncc3)cc2)c(C)c1. The fourth-order valence-electron chi connectivity index (χ4n) is 3.23. The van der Waals surface area contributed by atoms with Gasteiger partial charge < -0.3 is 4.74 Å². The summed E-state index contributed by atoms with van der Waals surface area (Å²) < 4.78 is 7.78. The van der Waals surface area contributed by atoms with Crippen molar-refractivity contribution in [2.24, 2.45) is 7.05 Å². The van der Waals surface area contributed by atoms with Crippen molar-refractivity contribution in [1.29, 1.82) is 0 Å². The Morgan fingerprint density at radius 3 is 2.43 bits per heavy atom. The van der Waals surface area contributed by atoms with Gasteiger partial charge in [-0.25, -0.2) is 0 Å². The first-order valence-corrected chi connectivity index (χ1v) is 9.19. The molecule has 4 rings (SSSR count). The molecule has 0 atom stereocenters. The van der Waals surface area contributed by atoms with E-state index in [0.717, 1.165) is 27.9 Å². The summed E-state index contributed by atoms with van der Waals surface area (Å²) in [6.07, 6.45) is 7.40. The minimum Gasteiger partial charge on any atom is -0.471 e. The third-order valence-corrected chi connectivity index (χ3v) is 4.60. The van der Waals surface area contributed by atoms with Gasteiger partial charge in [0.05, 0.1) is 11.3 Å². The molecule has 0 unspecified atom stereocenters. The summed E-state index contributed by atoms with van der Waals surface area (Å²) >= 11 is 0. The van der Waals surface area contributed by atoms with Crippen LogP contribution in [0.15, 0.2) is 67.3 Å². The zero-order valence-corrected chi connectivity index (χ0v) is 16.3. The maximum absolute atomic E-state index is 6.02. The number of hydrogen-bond acceptors (Lipinski definition) is 4. The van der Waals surface area contributed by atoms with Gasteiger partial charge in [-0.2, -0.15) is 0 Å². The molecule has 5 nitrogen and oxygen atoms in total. The van der Waals surface area contributed by atoms with E-state index >= 15 is 0 Å². The zero-order chi connectivity index (χ0) is 19.5. The monoisotopic (exact) mass is 370 g/mol. The van der Waals surface area contributed by atoms with Crippen LogP contribution in [0, 0.1) is 13.8 Å². The molecular weight excluding hydrogens is 348 g/mol. The number of rotatable bonds is 5. The highest BCUT2D eigenvalue weighted by Gasteiger charge is 2.12. The second kappa shape index (κ2) is 7.64. The minimum atomic E-state index is 0.454. The van der Waals surface area contributed by atoms with Crippen LogP contribution in [0.25, 0.3) is 22.4 Å². The molecule has 5 heteroatoms. The molecule has 0 aliphatic carbocycles. The van der Waals surface area contributed by atoms with Gasteiger partial charge in [0, 0.05) is 37.4 Å². The molecule has 1 aromatic carbocycles. The number of aryl methyl sites for hydroxylation is 3. The first-order chi connectivity index (χ1) is 13.6. The number of nitrogens with zero attached hydrogens (tertiary/aromatic N) is 4. The third-order valence-electron chi connectivity index (χ3n) is 4.60. The molecule has 0 saturated heterocycles. The average molecular weight is 370 g/mol. The van der Waals surface area contributed by atoms with E-state index in [-0.39, 0.29) is 0 Å². The molecule has 140 valence electrons. The Morgan fingerprint density at radius 1 is 0.964 bits per heavy atom. The molecule has 0 aliphatic rings. The predicted molar refractivity (Wildman–Crippen MR) is 110 cm³/mol. The summed E-state index contributed by atoms with van der Waals surface area (Å²) in [5, 5.41) is 4.45. The lowest BCUT2D eigenvalue weighted by molar-refractivity contribution is 0.292. The molecule has 0 radical (unpaired) electrons. The highest BCUT2D eigenvalue weighted by molar-refractivity contribution is 5.67. The first kappa shape index (κ1) is 17.9. The van der Waals surface area contributed by atoms with E-state index < -0.39 is 0 Å². The molecule has 0 saturated carbocycles. The van der Waals surface area contributed by atoms with Gasteiger partial charge in [-0.3, -0.25) is 14.6 Å². The van der Waals surface area contributed by atoms with Crippen molar-refractivity contribution in [1.82, 2.24) is 19.7 Å². The Hall–Kier alpha value is -3.47. The van der Waals surface area contributed by atoms with E-state index in [2.05, 4.69) is 59.2 Å². The summed E-state index contributed by atoms with van der Waals surface area (Å²) in [7, 11) is 1.89. The quantitative estimate of drug-likeness (QED) is 0.509. The second-order valence-electron chi connectivity index (χ2n) is 6.92. The summed E-state index contributed by atoms with van der Waals surface area (Å²) in [5.41, 5.74) is 7.56. The van der Waals surface area contributed by atoms with Crippen molar-refractivity contribution in [3.8, 4) is 28.3 Å². The van der Waals surface area contributed by atoms with Crippen LogP contribution >= 0.6 is 0 Å². The van der Waals surface area contributed by atoms with Crippen LogP contribution in [-0.2, 0) is 13.7 Å². The van der Waals surface area contributed by atoms with E-state index in [1.165, 1.54) is 11.1 Å². The van der Waals surface area contributed by atoms with Crippen LogP contribution in [0.1, 0.15) is 16.7 Å². The topological polar surface area (TPSA) is 52.8 Å². The molecule has 4 aromatic rings. The van der Waals surface area contributed by atoms with Crippen molar-refractivity contribution in [3.05, 3.63) is 83.9 Å². The highest BCUT2D eigenvalue weighted by Crippen LogP contribution is 2.29. The molecule has 3 heterocycles. The lowest BCUT2D eigenvalue weighted by Gasteiger charge is -2.09. The van der Waals surface area contributed by atoms with Gasteiger partial charge in [0.25, 0.3) is 0 Å². The predicted octanol–water partition coefficient (Wildman–Crippen LogP) is 4.74. The van der Waals surface area contributed by atoms with Crippen LogP contribution in [0.2, 0.25) is 0 Å². The Morgan fingerprint density at radius 2 is 1.71 bits per heavy atom. The van der Waals surface area contributed by atoms with Crippen molar-refractivity contribution >= 4 is 0 Å². The molecule has 3 aromatic heterocycles. The Kier molecular flexibility index (Phi) is 4.89. The first-order valence-electron chi connectivity index (χ1n) is 9.19. The van der Waals surface area contributed by atoms with E-state index in [1.807, 2.05) is 31.6 Å². The third kappa shape index (κ3) is 3.78. The summed E-state index contributed by atoms with van der Waals surface area (Å²) in [5.74, 6) is 0.619. The van der Waals surface area contributed by atoms with Crippen molar-refractivity contribution in [2.45, 2.75) is 20.5 Å². The molecule has 0 fully saturated rings. The fourth-order valence-corrected chi connectivity index (χ4v) is 3.23. The standard InChI is InChI=1S/C23H22N4O/c1-16-12-17(2)22(25-13-16)20-6-4-18(5-7-20)15-28-23-21(14-27(3)26-23)19-8-10-24-11-9-19/h4-14H,15H2,1-3H3. The molecule has 0 N–H and O–H groups in total. The number of aromatic nitrogens is 4. The number of ether oxygens (including phenoxy) is 1. The molecular formula is C23H22N4O. The van der Waals surface area contributed by atoms with Gasteiger partial charge in [-0.05, 0) is 48.2 Å². The van der Waals surface area contributed by atoms with Gasteiger partial charge in [0.2, 0.25) is 5.88 Å². The lowest BCUT2D eigenvalue weighted by Crippen LogP contribution is -1.98. The van der Waals surface area contributed by atoms with Crippen LogP contribution < -0.4 is 4.74 Å². The van der Waals surface area contributed by atoms with E-state index in [9.17, 15) is 0 Å². The fraction of sp³-hybridized carbons (Fsp3) is 0.174. The van der Waals surface area contributed by atoms with Gasteiger partial charge in [-0.15, -0.1) is 5.10 Å². The van der Waals surface area contributed by atoms with Crippen molar-refractivity contribution in [3.63, 3.8) is 0 Å². The van der Waals surface area contributed by atoms with Gasteiger partial charge in [0.15, 0.2) is 0 Å². The molecule has 0 aliphatic heterocycles. The Labute approximate surface area is 164 Å². The van der Waals surface area contributed by atoms with Gasteiger partial charge in [-0.1, -0.05) is 30.3 Å². The second-order valence-corrected chi connectivity index (χ2v) is 6.92. The average Bonchev–Trinajstić information content (AvgIpc) is 3.08. The van der Waals surface area contributed by atoms with Crippen molar-refractivity contribution in [2.75, 3.05) is 0 Å². The van der Waals surface area contributed by atoms with Crippen LogP contribution in [0.4, 0.5) is 0 Å². The summed E-state index contributed by atoms with van der Waals surface area (Å²) in [4.78, 5) is 8.64. The Balaban J connectivity index is 1.51. The van der Waals surface area contributed by atoms with Gasteiger partial charge >= 0.3 is 0 Å². The molecule has 0 bridgehead atoms. The summed E-state index contributed by atoms with van der Waals surface area (Å²) in [6.45, 7) is 4.60. The minimum absolute atomic E-state index is 0.454. The van der Waals surface area contributed by atoms with E-state index in [0.29, 0.717) is 12.5 Å². The number of benzene rings is 1. The summed E-state index contributed by atoms with van der Waals surface area (Å²) in [6, 6.07) is 14.4. The molecule has 0 amide bonds. The van der Waals surface area contributed by atoms with Gasteiger partial charge in [0.1, 0.15) is 6.61 Å². The lowest BCUT2D eigenvalue weighted by atomic mass is 10.0. The van der Waals surface area contributed by atoms with Crippen LogP contribution in [-0.4, -0.2) is 19.7 Å². The van der Waals surface area contributed by atoms with E-state index in [1.54, 1.807) is 17.1 Å². The molecule has 0 spiro atoms. The van der Waals surface area contributed by atoms with Crippen molar-refractivity contribution < 1.29 is 4.74 Å². The zero-order valence-electron chi connectivity index (χ0n) is 16.3. The highest BCUT2D eigenvalue weighted by atomic mass is 16.5. The number of hydrogen-bond donors (Lipinski definition) is 0. The van der Waals surface area contributed by atoms with Crippen LogP contribution in [0.5, 0.6) is 5.88 Å². The Bertz CT molecular complexity index is 1090. The smallest absolute Gasteiger partial charge is 0.241 e. The van der Waals surface area contributed by atoms with E-state index in [4.69, 9.17) is 4.74 Å². The number of pyridine rings is 2. The van der Waals surface area contributed by atoms with Crippen LogP contribution in [0.3, 0.4) is 0 Å². The maximum atomic E-state index is 6.02. The largest absolute Gasteiger partial charge is 0.471 e. The molecule has 28 heavy (non-hydrogen) atoms. The maximum Gasteiger partial charge on any atom is 0.241 e.